The van der Waals surface area contributed by atoms with Crippen molar-refractivity contribution in [3.8, 4) is 22.9 Å². The molecule has 0 aliphatic heterocycles. The average Bonchev–Trinajstić information content (AvgIpc) is 1.76. The van der Waals surface area contributed by atoms with Crippen LogP contribution in [0.4, 0.5) is 18.4 Å². The lowest BCUT2D eigenvalue weighted by molar-refractivity contribution is 0.0110. The zero-order valence-electron chi connectivity index (χ0n) is 50.7. The highest BCUT2D eigenvalue weighted by Crippen LogP contribution is 2.52. The molecule has 0 bridgehead atoms. The molecule has 6 fully saturated rings. The van der Waals surface area contributed by atoms with Crippen molar-refractivity contribution in [3.05, 3.63) is 180 Å². The number of benzene rings is 5. The number of amidine groups is 1. The van der Waals surface area contributed by atoms with Crippen LogP contribution in [0.5, 0.6) is 0 Å². The Bertz CT molecular complexity index is 3500. The summed E-state index contributed by atoms with van der Waals surface area (Å²) in [4.78, 5) is 39.2. The van der Waals surface area contributed by atoms with Crippen molar-refractivity contribution in [1.82, 2.24) is 35.4 Å². The van der Waals surface area contributed by atoms with Gasteiger partial charge in [-0.05, 0) is 152 Å². The smallest absolute Gasteiger partial charge is 0.410 e. The van der Waals surface area contributed by atoms with Crippen LogP contribution in [0.2, 0.25) is 0 Å². The SMILES string of the molecule is CC(C)(C)OC(=O)N(CC1(C(N)=NO)CCC1)[C@H]1CC1c1ccccc1.CC(C)(C)OC(=O)N(CC1(c2noc(-c3cccc(F)c3)n2)CCC1)[C@H]1CC1c1ccccc1.Fc1cccc(-c2nc(C3(CN[C@H]4CC4c4ccccc4)CCC3)no2)c1. The molecule has 0 radical (unpaired) electrons. The van der Waals surface area contributed by atoms with Gasteiger partial charge in [-0.15, -0.1) is 0 Å². The summed E-state index contributed by atoms with van der Waals surface area (Å²) in [6.45, 7) is 13.0. The molecule has 18 heteroatoms. The molecule has 2 amide bonds. The molecule has 7 aromatic rings. The Kier molecular flexibility index (Phi) is 17.4. The summed E-state index contributed by atoms with van der Waals surface area (Å²) in [5.74, 6) is 2.78. The Morgan fingerprint density at radius 1 is 0.598 bits per heavy atom. The molecule has 3 unspecified atom stereocenters. The van der Waals surface area contributed by atoms with Crippen LogP contribution in [0.25, 0.3) is 22.9 Å². The third-order valence-corrected chi connectivity index (χ3v) is 18.2. The number of amides is 2. The van der Waals surface area contributed by atoms with Gasteiger partial charge < -0.3 is 44.6 Å². The standard InChI is InChI=1S/C27H30FN3O3.C22H22FN3O.C20H29N3O3/c1-26(2,3)33-25(32)31(22-16-21(22)18-9-5-4-6-10-18)17-27(13-8-14-27)24-29-23(34-30-24)19-11-7-12-20(28)15-19;23-17-9-4-8-16(12-17)20-25-21(26-27-20)22(10-5-11-22)14-24-19-13-18(19)15-6-2-1-3-7-15;1-19(2,3)26-18(24)23(13-20(10-7-11-20)17(21)22-25)16-12-15(16)14-8-5-4-6-9-14/h4-7,9-12,15,21-22H,8,13-14,16-17H2,1-3H3;1-4,6-9,12,18-19,24H,5,10-11,13-14H2;4-6,8-9,15-16,25H,7,10-13H2,1-3H3,(H2,21,22)/t21?,22-;18?,19-;15?,16-/m000/s1. The number of aromatic nitrogens is 4. The van der Waals surface area contributed by atoms with E-state index in [1.165, 1.54) is 53.8 Å². The van der Waals surface area contributed by atoms with Crippen LogP contribution in [0.15, 0.2) is 154 Å². The van der Waals surface area contributed by atoms with Gasteiger partial charge >= 0.3 is 12.2 Å². The summed E-state index contributed by atoms with van der Waals surface area (Å²) >= 11 is 0. The zero-order valence-corrected chi connectivity index (χ0v) is 50.7. The Labute approximate surface area is 508 Å². The van der Waals surface area contributed by atoms with E-state index < -0.39 is 22.0 Å². The maximum absolute atomic E-state index is 13.7. The van der Waals surface area contributed by atoms with Gasteiger partial charge in [-0.25, -0.2) is 18.4 Å². The van der Waals surface area contributed by atoms with Gasteiger partial charge in [0.05, 0.1) is 5.41 Å². The number of hydrogen-bond acceptors (Lipinski definition) is 13. The fourth-order valence-corrected chi connectivity index (χ4v) is 12.6. The predicted molar refractivity (Wildman–Crippen MR) is 327 cm³/mol. The number of halogens is 2. The van der Waals surface area contributed by atoms with Crippen LogP contribution in [0.3, 0.4) is 0 Å². The molecule has 16 nitrogen and oxygen atoms in total. The first kappa shape index (κ1) is 60.7. The fourth-order valence-electron chi connectivity index (χ4n) is 12.6. The van der Waals surface area contributed by atoms with Crippen LogP contribution in [-0.4, -0.2) is 102 Å². The molecule has 0 spiro atoms. The highest BCUT2D eigenvalue weighted by Gasteiger charge is 2.54. The van der Waals surface area contributed by atoms with Gasteiger partial charge in [0.15, 0.2) is 11.6 Å². The van der Waals surface area contributed by atoms with E-state index in [2.05, 4.69) is 85.4 Å². The minimum Gasteiger partial charge on any atom is -0.444 e. The lowest BCUT2D eigenvalue weighted by Gasteiger charge is -2.44. The van der Waals surface area contributed by atoms with E-state index in [4.69, 9.17) is 24.3 Å². The summed E-state index contributed by atoms with van der Waals surface area (Å²) in [5.41, 5.74) is 8.99. The predicted octanol–water partition coefficient (Wildman–Crippen LogP) is 14.2. The fraction of sp³-hybridized carbons (Fsp3) is 0.464. The largest absolute Gasteiger partial charge is 0.444 e. The van der Waals surface area contributed by atoms with Crippen molar-refractivity contribution in [2.75, 3.05) is 19.6 Å². The maximum Gasteiger partial charge on any atom is 0.410 e. The second-order valence-corrected chi connectivity index (χ2v) is 26.9. The summed E-state index contributed by atoms with van der Waals surface area (Å²) < 4.78 is 49.6. The van der Waals surface area contributed by atoms with Gasteiger partial charge in [-0.1, -0.05) is 138 Å². The highest BCUT2D eigenvalue weighted by molar-refractivity contribution is 5.87. The molecule has 6 aliphatic rings. The number of carbonyl (C=O) groups excluding carboxylic acids is 2. The van der Waals surface area contributed by atoms with E-state index >= 15 is 0 Å². The minimum atomic E-state index is -0.587. The number of hydrogen-bond donors (Lipinski definition) is 3. The van der Waals surface area contributed by atoms with Crippen molar-refractivity contribution in [3.63, 3.8) is 0 Å². The van der Waals surface area contributed by atoms with Crippen molar-refractivity contribution < 1.29 is 42.1 Å². The van der Waals surface area contributed by atoms with E-state index in [0.717, 1.165) is 76.6 Å². The second-order valence-electron chi connectivity index (χ2n) is 26.9. The van der Waals surface area contributed by atoms with Crippen LogP contribution in [0.1, 0.15) is 165 Å². The first-order valence-corrected chi connectivity index (χ1v) is 30.8. The number of carbonyl (C=O) groups is 2. The summed E-state index contributed by atoms with van der Waals surface area (Å²) in [7, 11) is 0. The Morgan fingerprint density at radius 2 is 1.02 bits per heavy atom. The van der Waals surface area contributed by atoms with E-state index in [1.807, 2.05) is 82.8 Å². The molecular weight excluding hydrogens is 1100 g/mol. The van der Waals surface area contributed by atoms with Gasteiger partial charge in [-0.3, -0.25) is 0 Å². The second kappa shape index (κ2) is 25.0. The Hall–Kier alpha value is -7.99. The molecule has 6 saturated carbocycles. The van der Waals surface area contributed by atoms with E-state index in [1.54, 1.807) is 29.2 Å². The van der Waals surface area contributed by atoms with Crippen molar-refractivity contribution in [1.29, 1.82) is 0 Å². The lowest BCUT2D eigenvalue weighted by Crippen LogP contribution is -2.53. The molecule has 6 atom stereocenters. The number of nitrogens with two attached hydrogens (primary N) is 1. The number of nitrogens with one attached hydrogen (secondary N) is 1. The molecule has 458 valence electrons. The van der Waals surface area contributed by atoms with Gasteiger partial charge in [0, 0.05) is 77.5 Å². The molecule has 2 heterocycles. The molecule has 13 rings (SSSR count). The number of rotatable bonds is 17. The quantitative estimate of drug-likeness (QED) is 0.0336. The Balaban J connectivity index is 0.000000137. The van der Waals surface area contributed by atoms with Crippen LogP contribution < -0.4 is 11.1 Å². The molecule has 4 N–H and O–H groups in total. The first-order valence-electron chi connectivity index (χ1n) is 30.8. The number of oxime groups is 1. The van der Waals surface area contributed by atoms with Gasteiger partial charge in [0.25, 0.3) is 11.8 Å². The zero-order chi connectivity index (χ0) is 61.1. The first-order chi connectivity index (χ1) is 41.7. The van der Waals surface area contributed by atoms with Gasteiger partial charge in [0.1, 0.15) is 28.7 Å². The monoisotopic (exact) mass is 1190 g/mol. The number of nitrogens with zero attached hydrogens (tertiary/aromatic N) is 7. The normalized spacial score (nSPS) is 22.6. The van der Waals surface area contributed by atoms with Crippen molar-refractivity contribution in [2.45, 2.75) is 177 Å². The molecule has 87 heavy (non-hydrogen) atoms. The van der Waals surface area contributed by atoms with Crippen molar-refractivity contribution >= 4 is 18.0 Å². The third-order valence-electron chi connectivity index (χ3n) is 18.2. The van der Waals surface area contributed by atoms with Crippen LogP contribution >= 0.6 is 0 Å². The topological polar surface area (TPSA) is 208 Å². The van der Waals surface area contributed by atoms with Gasteiger partial charge in [-0.2, -0.15) is 9.97 Å². The molecule has 6 aliphatic carbocycles. The number of ether oxygens (including phenoxy) is 2. The van der Waals surface area contributed by atoms with Crippen molar-refractivity contribution in [2.24, 2.45) is 16.3 Å². The Morgan fingerprint density at radius 3 is 1.41 bits per heavy atom. The summed E-state index contributed by atoms with van der Waals surface area (Å²) in [6, 6.07) is 44.3. The summed E-state index contributed by atoms with van der Waals surface area (Å²) in [6.07, 6.45) is 11.1. The molecule has 5 aromatic carbocycles. The van der Waals surface area contributed by atoms with Crippen LogP contribution in [0, 0.1) is 17.0 Å². The lowest BCUT2D eigenvalue weighted by atomic mass is 9.67. The maximum atomic E-state index is 13.7. The third kappa shape index (κ3) is 14.2. The molecule has 0 saturated heterocycles. The average molecular weight is 1190 g/mol. The van der Waals surface area contributed by atoms with E-state index in [9.17, 15) is 23.6 Å². The summed E-state index contributed by atoms with van der Waals surface area (Å²) in [5, 5.41) is 24.7. The molecule has 2 aromatic heterocycles. The van der Waals surface area contributed by atoms with E-state index in [0.29, 0.717) is 59.7 Å². The highest BCUT2D eigenvalue weighted by atomic mass is 19.1. The minimum absolute atomic E-state index is 0.0566. The van der Waals surface area contributed by atoms with Gasteiger partial charge in [0.2, 0.25) is 0 Å². The van der Waals surface area contributed by atoms with Crippen LogP contribution in [-0.2, 0) is 20.3 Å². The molecular formula is C69H81F2N9O7. The van der Waals surface area contributed by atoms with E-state index in [-0.39, 0.29) is 53.0 Å².